The van der Waals surface area contributed by atoms with Crippen LogP contribution in [0.25, 0.3) is 0 Å². The highest BCUT2D eigenvalue weighted by molar-refractivity contribution is 5.77. The Morgan fingerprint density at radius 1 is 1.31 bits per heavy atom. The molecule has 1 aliphatic heterocycles. The molecule has 1 heterocycles. The lowest BCUT2D eigenvalue weighted by atomic mass is 10.2. The van der Waals surface area contributed by atoms with Crippen molar-refractivity contribution in [1.82, 2.24) is 4.90 Å². The Kier molecular flexibility index (Phi) is 3.43. The summed E-state index contributed by atoms with van der Waals surface area (Å²) in [6, 6.07) is 0. The van der Waals surface area contributed by atoms with E-state index < -0.39 is 5.97 Å². The second-order valence-electron chi connectivity index (χ2n) is 4.58. The Labute approximate surface area is 94.4 Å². The summed E-state index contributed by atoms with van der Waals surface area (Å²) in [5.41, 5.74) is 0. The van der Waals surface area contributed by atoms with Crippen molar-refractivity contribution in [3.05, 3.63) is 0 Å². The molecular weight excluding hydrogens is 210 g/mol. The van der Waals surface area contributed by atoms with Gasteiger partial charge in [-0.1, -0.05) is 0 Å². The van der Waals surface area contributed by atoms with E-state index in [4.69, 9.17) is 9.84 Å². The van der Waals surface area contributed by atoms with Crippen LogP contribution >= 0.6 is 0 Å². The highest BCUT2D eigenvalue weighted by Gasteiger charge is 2.30. The molecule has 1 saturated heterocycles. The molecule has 2 fully saturated rings. The summed E-state index contributed by atoms with van der Waals surface area (Å²) < 4.78 is 5.32. The van der Waals surface area contributed by atoms with Gasteiger partial charge in [-0.15, -0.1) is 0 Å². The van der Waals surface area contributed by atoms with Crippen LogP contribution in [-0.4, -0.2) is 47.7 Å². The zero-order valence-electron chi connectivity index (χ0n) is 9.22. The van der Waals surface area contributed by atoms with Crippen molar-refractivity contribution in [3.63, 3.8) is 0 Å². The fourth-order valence-electron chi connectivity index (χ4n) is 1.96. The number of hydrogen-bond acceptors (Lipinski definition) is 3. The van der Waals surface area contributed by atoms with Crippen LogP contribution in [0.3, 0.4) is 0 Å². The highest BCUT2D eigenvalue weighted by atomic mass is 16.5. The summed E-state index contributed by atoms with van der Waals surface area (Å²) in [6.45, 7) is 1.48. The van der Waals surface area contributed by atoms with Crippen LogP contribution in [0.2, 0.25) is 0 Å². The number of carboxylic acids is 1. The molecule has 1 saturated carbocycles. The third kappa shape index (κ3) is 3.20. The predicted octanol–water partition coefficient (Wildman–Crippen LogP) is 0.489. The van der Waals surface area contributed by atoms with Gasteiger partial charge in [0.15, 0.2) is 0 Å². The van der Waals surface area contributed by atoms with Crippen LogP contribution in [0, 0.1) is 5.92 Å². The van der Waals surface area contributed by atoms with E-state index in [1.807, 2.05) is 0 Å². The van der Waals surface area contributed by atoms with Crippen molar-refractivity contribution in [3.8, 4) is 0 Å². The van der Waals surface area contributed by atoms with E-state index in [0.29, 0.717) is 32.0 Å². The number of nitrogens with zero attached hydrogens (tertiary/aromatic N) is 1. The number of amides is 1. The quantitative estimate of drug-likeness (QED) is 0.759. The monoisotopic (exact) mass is 227 g/mol. The van der Waals surface area contributed by atoms with Gasteiger partial charge in [-0.2, -0.15) is 0 Å². The molecule has 0 aromatic rings. The van der Waals surface area contributed by atoms with E-state index in [9.17, 15) is 9.59 Å². The largest absolute Gasteiger partial charge is 0.481 e. The number of carboxylic acid groups (broad SMARTS) is 1. The first-order valence-corrected chi connectivity index (χ1v) is 5.76. The molecule has 2 aliphatic rings. The van der Waals surface area contributed by atoms with Crippen LogP contribution < -0.4 is 0 Å². The topological polar surface area (TPSA) is 66.8 Å². The third-order valence-electron chi connectivity index (χ3n) is 3.05. The first-order valence-electron chi connectivity index (χ1n) is 5.76. The number of carbonyl (C=O) groups is 2. The number of carbonyl (C=O) groups excluding carboxylic acids is 1. The van der Waals surface area contributed by atoms with Crippen molar-refractivity contribution < 1.29 is 19.4 Å². The standard InChI is InChI=1S/C11H17NO4/c13-10(5-8-1-2-8)12-3-4-16-9(7-12)6-11(14)15/h8-9H,1-7H2,(H,14,15). The van der Waals surface area contributed by atoms with Gasteiger partial charge in [-0.25, -0.2) is 0 Å². The fraction of sp³-hybridized carbons (Fsp3) is 0.818. The average molecular weight is 227 g/mol. The van der Waals surface area contributed by atoms with E-state index in [-0.39, 0.29) is 18.4 Å². The van der Waals surface area contributed by atoms with Gasteiger partial charge in [0.2, 0.25) is 5.91 Å². The van der Waals surface area contributed by atoms with E-state index in [1.54, 1.807) is 4.90 Å². The Morgan fingerprint density at radius 3 is 2.69 bits per heavy atom. The molecule has 0 spiro atoms. The summed E-state index contributed by atoms with van der Waals surface area (Å²) in [7, 11) is 0. The van der Waals surface area contributed by atoms with Crippen molar-refractivity contribution >= 4 is 11.9 Å². The summed E-state index contributed by atoms with van der Waals surface area (Å²) in [6.07, 6.45) is 2.59. The van der Waals surface area contributed by atoms with Crippen LogP contribution in [-0.2, 0) is 14.3 Å². The Morgan fingerprint density at radius 2 is 2.06 bits per heavy atom. The summed E-state index contributed by atoms with van der Waals surface area (Å²) in [5, 5.41) is 8.66. The number of morpholine rings is 1. The van der Waals surface area contributed by atoms with Crippen molar-refractivity contribution in [1.29, 1.82) is 0 Å². The maximum absolute atomic E-state index is 11.8. The summed E-state index contributed by atoms with van der Waals surface area (Å²) in [4.78, 5) is 24.1. The molecule has 1 unspecified atom stereocenters. The number of aliphatic carboxylic acids is 1. The van der Waals surface area contributed by atoms with Gasteiger partial charge in [0, 0.05) is 19.5 Å². The molecule has 0 aromatic carbocycles. The molecule has 16 heavy (non-hydrogen) atoms. The Hall–Kier alpha value is -1.10. The van der Waals surface area contributed by atoms with Gasteiger partial charge in [-0.05, 0) is 18.8 Å². The highest BCUT2D eigenvalue weighted by Crippen LogP contribution is 2.33. The predicted molar refractivity (Wildman–Crippen MR) is 55.9 cm³/mol. The van der Waals surface area contributed by atoms with E-state index in [0.717, 1.165) is 12.8 Å². The minimum absolute atomic E-state index is 0.0206. The molecule has 90 valence electrons. The van der Waals surface area contributed by atoms with Gasteiger partial charge in [0.1, 0.15) is 0 Å². The third-order valence-corrected chi connectivity index (χ3v) is 3.05. The lowest BCUT2D eigenvalue weighted by molar-refractivity contribution is -0.147. The van der Waals surface area contributed by atoms with Crippen LogP contribution in [0.4, 0.5) is 0 Å². The van der Waals surface area contributed by atoms with Gasteiger partial charge in [0.25, 0.3) is 0 Å². The smallest absolute Gasteiger partial charge is 0.306 e. The normalized spacial score (nSPS) is 25.5. The molecule has 0 radical (unpaired) electrons. The molecular formula is C11H17NO4. The first-order chi connectivity index (χ1) is 7.65. The average Bonchev–Trinajstić information content (AvgIpc) is 3.01. The van der Waals surface area contributed by atoms with Gasteiger partial charge in [-0.3, -0.25) is 9.59 Å². The minimum atomic E-state index is -0.874. The molecule has 5 nitrogen and oxygen atoms in total. The van der Waals surface area contributed by atoms with E-state index in [1.165, 1.54) is 0 Å². The number of hydrogen-bond donors (Lipinski definition) is 1. The van der Waals surface area contributed by atoms with Crippen molar-refractivity contribution in [2.24, 2.45) is 5.92 Å². The molecule has 0 aromatic heterocycles. The zero-order chi connectivity index (χ0) is 11.5. The van der Waals surface area contributed by atoms with Crippen molar-refractivity contribution in [2.45, 2.75) is 31.8 Å². The van der Waals surface area contributed by atoms with Gasteiger partial charge >= 0.3 is 5.97 Å². The van der Waals surface area contributed by atoms with E-state index in [2.05, 4.69) is 0 Å². The molecule has 1 amide bonds. The first kappa shape index (κ1) is 11.4. The van der Waals surface area contributed by atoms with Crippen LogP contribution in [0.1, 0.15) is 25.7 Å². The molecule has 1 atom stereocenters. The maximum atomic E-state index is 11.8. The second kappa shape index (κ2) is 4.82. The molecule has 1 aliphatic carbocycles. The van der Waals surface area contributed by atoms with E-state index >= 15 is 0 Å². The summed E-state index contributed by atoms with van der Waals surface area (Å²) >= 11 is 0. The SMILES string of the molecule is O=C(O)CC1CN(C(=O)CC2CC2)CCO1. The van der Waals surface area contributed by atoms with Crippen LogP contribution in [0.15, 0.2) is 0 Å². The molecule has 2 rings (SSSR count). The lowest BCUT2D eigenvalue weighted by Crippen LogP contribution is -2.46. The number of rotatable bonds is 4. The lowest BCUT2D eigenvalue weighted by Gasteiger charge is -2.32. The minimum Gasteiger partial charge on any atom is -0.481 e. The Balaban J connectivity index is 1.80. The molecule has 5 heteroatoms. The van der Waals surface area contributed by atoms with Crippen LogP contribution in [0.5, 0.6) is 0 Å². The fourth-order valence-corrected chi connectivity index (χ4v) is 1.96. The zero-order valence-corrected chi connectivity index (χ0v) is 9.22. The second-order valence-corrected chi connectivity index (χ2v) is 4.58. The van der Waals surface area contributed by atoms with Crippen molar-refractivity contribution in [2.75, 3.05) is 19.7 Å². The van der Waals surface area contributed by atoms with Gasteiger partial charge in [0.05, 0.1) is 19.1 Å². The molecule has 0 bridgehead atoms. The Bertz CT molecular complexity index is 288. The summed E-state index contributed by atoms with van der Waals surface area (Å²) in [5.74, 6) is -0.143. The maximum Gasteiger partial charge on any atom is 0.306 e. The molecule has 1 N–H and O–H groups in total. The van der Waals surface area contributed by atoms with Gasteiger partial charge < -0.3 is 14.7 Å². The number of ether oxygens (including phenoxy) is 1.